The Labute approximate surface area is 117 Å². The van der Waals surface area contributed by atoms with E-state index in [1.165, 1.54) is 0 Å². The van der Waals surface area contributed by atoms with Crippen molar-refractivity contribution in [3.63, 3.8) is 0 Å². The molecule has 1 aromatic carbocycles. The molecule has 1 N–H and O–H groups in total. The summed E-state index contributed by atoms with van der Waals surface area (Å²) in [5.41, 5.74) is 2.83. The van der Waals surface area contributed by atoms with Crippen LogP contribution in [0, 0.1) is 11.3 Å². The number of nitriles is 1. The predicted molar refractivity (Wildman–Crippen MR) is 75.6 cm³/mol. The second-order valence-corrected chi connectivity index (χ2v) is 4.78. The first kappa shape index (κ1) is 12.4. The number of benzene rings is 1. The molecule has 2 heterocycles. The van der Waals surface area contributed by atoms with E-state index in [2.05, 4.69) is 10.3 Å². The van der Waals surface area contributed by atoms with E-state index in [0.29, 0.717) is 6.42 Å². The molecule has 1 aromatic heterocycles. The molecule has 0 saturated heterocycles. The van der Waals surface area contributed by atoms with Crippen LogP contribution in [0.15, 0.2) is 42.6 Å². The third-order valence-corrected chi connectivity index (χ3v) is 3.55. The third-order valence-electron chi connectivity index (χ3n) is 3.55. The molecule has 1 aliphatic rings. The van der Waals surface area contributed by atoms with Gasteiger partial charge in [0.25, 0.3) is 0 Å². The van der Waals surface area contributed by atoms with Crippen molar-refractivity contribution in [2.75, 3.05) is 5.32 Å². The van der Waals surface area contributed by atoms with Crippen LogP contribution in [0.2, 0.25) is 0 Å². The number of nitrogens with zero attached hydrogens (tertiary/aromatic N) is 2. The number of Topliss-reactive ketones (excluding diaryl/α,β-unsaturated/α-hetero) is 1. The molecule has 3 rings (SSSR count). The van der Waals surface area contributed by atoms with Crippen LogP contribution in [-0.4, -0.2) is 10.8 Å². The van der Waals surface area contributed by atoms with E-state index in [1.54, 1.807) is 6.20 Å². The fourth-order valence-corrected chi connectivity index (χ4v) is 2.58. The second-order valence-electron chi connectivity index (χ2n) is 4.78. The van der Waals surface area contributed by atoms with E-state index in [1.807, 2.05) is 42.5 Å². The molecule has 0 bridgehead atoms. The highest BCUT2D eigenvalue weighted by molar-refractivity contribution is 5.90. The number of para-hydroxylation sites is 1. The molecule has 4 heteroatoms. The van der Waals surface area contributed by atoms with E-state index in [-0.39, 0.29) is 18.1 Å². The molecule has 1 unspecified atom stereocenters. The van der Waals surface area contributed by atoms with Gasteiger partial charge in [-0.25, -0.2) is 4.98 Å². The largest absolute Gasteiger partial charge is 0.340 e. The molecule has 4 nitrogen and oxygen atoms in total. The maximum Gasteiger partial charge on any atom is 0.154 e. The van der Waals surface area contributed by atoms with Crippen molar-refractivity contribution in [3.8, 4) is 6.07 Å². The van der Waals surface area contributed by atoms with Crippen LogP contribution in [0.25, 0.3) is 0 Å². The van der Waals surface area contributed by atoms with Crippen LogP contribution in [0.4, 0.5) is 11.5 Å². The Morgan fingerprint density at radius 2 is 2.20 bits per heavy atom. The van der Waals surface area contributed by atoms with E-state index in [9.17, 15) is 4.79 Å². The standard InChI is InChI=1S/C16H13N3O/c17-8-7-15(20)13-10-11-4-3-9-18-16(11)19-14-6-2-1-5-12(13)14/h1-6,9,13H,7,10H2,(H,18,19). The first-order valence-electron chi connectivity index (χ1n) is 6.49. The SMILES string of the molecule is N#CCC(=O)C1Cc2cccnc2Nc2ccccc21. The zero-order chi connectivity index (χ0) is 13.9. The minimum absolute atomic E-state index is 0.0431. The van der Waals surface area contributed by atoms with Gasteiger partial charge in [-0.3, -0.25) is 4.79 Å². The lowest BCUT2D eigenvalue weighted by Gasteiger charge is -2.14. The van der Waals surface area contributed by atoms with Crippen molar-refractivity contribution >= 4 is 17.3 Å². The summed E-state index contributed by atoms with van der Waals surface area (Å²) in [5.74, 6) is 0.453. The number of hydrogen-bond donors (Lipinski definition) is 1. The Balaban J connectivity index is 2.11. The molecule has 0 saturated carbocycles. The molecule has 0 fully saturated rings. The lowest BCUT2D eigenvalue weighted by Crippen LogP contribution is -2.14. The number of carbonyl (C=O) groups excluding carboxylic acids is 1. The number of ketones is 1. The first-order valence-corrected chi connectivity index (χ1v) is 6.49. The average Bonchev–Trinajstić information content (AvgIpc) is 2.64. The molecule has 0 radical (unpaired) electrons. The summed E-state index contributed by atoms with van der Waals surface area (Å²) in [6, 6.07) is 13.5. The minimum Gasteiger partial charge on any atom is -0.340 e. The van der Waals surface area contributed by atoms with Crippen molar-refractivity contribution in [1.82, 2.24) is 4.98 Å². The summed E-state index contributed by atoms with van der Waals surface area (Å²) >= 11 is 0. The Morgan fingerprint density at radius 3 is 3.05 bits per heavy atom. The van der Waals surface area contributed by atoms with E-state index in [4.69, 9.17) is 5.26 Å². The molecular formula is C16H13N3O. The first-order chi connectivity index (χ1) is 9.79. The van der Waals surface area contributed by atoms with Crippen molar-refractivity contribution in [1.29, 1.82) is 5.26 Å². The number of nitrogens with one attached hydrogen (secondary N) is 1. The van der Waals surface area contributed by atoms with Gasteiger partial charge in [0, 0.05) is 17.8 Å². The highest BCUT2D eigenvalue weighted by Gasteiger charge is 2.27. The van der Waals surface area contributed by atoms with Crippen LogP contribution in [0.1, 0.15) is 23.5 Å². The number of rotatable bonds is 2. The quantitative estimate of drug-likeness (QED) is 0.904. The summed E-state index contributed by atoms with van der Waals surface area (Å²) in [4.78, 5) is 16.6. The molecule has 1 atom stereocenters. The van der Waals surface area contributed by atoms with Gasteiger partial charge in [0.15, 0.2) is 5.78 Å². The topological polar surface area (TPSA) is 65.8 Å². The van der Waals surface area contributed by atoms with Crippen molar-refractivity contribution < 1.29 is 4.79 Å². The van der Waals surface area contributed by atoms with Gasteiger partial charge in [-0.2, -0.15) is 5.26 Å². The third kappa shape index (κ3) is 2.14. The maximum absolute atomic E-state index is 12.3. The zero-order valence-electron chi connectivity index (χ0n) is 10.8. The average molecular weight is 263 g/mol. The molecular weight excluding hydrogens is 250 g/mol. The van der Waals surface area contributed by atoms with Gasteiger partial charge in [0.2, 0.25) is 0 Å². The Hall–Kier alpha value is -2.67. The zero-order valence-corrected chi connectivity index (χ0v) is 10.8. The molecule has 0 amide bonds. The van der Waals surface area contributed by atoms with Gasteiger partial charge in [-0.15, -0.1) is 0 Å². The summed E-state index contributed by atoms with van der Waals surface area (Å²) in [7, 11) is 0. The normalized spacial score (nSPS) is 16.1. The van der Waals surface area contributed by atoms with Crippen molar-refractivity contribution in [3.05, 3.63) is 53.7 Å². The Kier molecular flexibility index (Phi) is 3.18. The highest BCUT2D eigenvalue weighted by Crippen LogP contribution is 2.36. The number of anilines is 2. The van der Waals surface area contributed by atoms with Crippen LogP contribution in [-0.2, 0) is 11.2 Å². The summed E-state index contributed by atoms with van der Waals surface area (Å²) in [6.45, 7) is 0. The second kappa shape index (κ2) is 5.14. The fraction of sp³-hybridized carbons (Fsp3) is 0.188. The van der Waals surface area contributed by atoms with Gasteiger partial charge in [0.05, 0.1) is 12.5 Å². The van der Waals surface area contributed by atoms with Gasteiger partial charge in [-0.1, -0.05) is 24.3 Å². The lowest BCUT2D eigenvalue weighted by atomic mass is 9.87. The van der Waals surface area contributed by atoms with E-state index >= 15 is 0 Å². The minimum atomic E-state index is -0.288. The molecule has 98 valence electrons. The number of aromatic nitrogens is 1. The smallest absolute Gasteiger partial charge is 0.154 e. The molecule has 1 aliphatic heterocycles. The van der Waals surface area contributed by atoms with Gasteiger partial charge >= 0.3 is 0 Å². The molecule has 2 aromatic rings. The number of pyridine rings is 1. The molecule has 20 heavy (non-hydrogen) atoms. The lowest BCUT2D eigenvalue weighted by molar-refractivity contribution is -0.119. The van der Waals surface area contributed by atoms with Gasteiger partial charge < -0.3 is 5.32 Å². The van der Waals surface area contributed by atoms with Crippen LogP contribution in [0.3, 0.4) is 0 Å². The highest BCUT2D eigenvalue weighted by atomic mass is 16.1. The summed E-state index contributed by atoms with van der Waals surface area (Å²) < 4.78 is 0. The summed E-state index contributed by atoms with van der Waals surface area (Å²) in [6.07, 6.45) is 2.24. The molecule has 0 aliphatic carbocycles. The van der Waals surface area contributed by atoms with Crippen molar-refractivity contribution in [2.45, 2.75) is 18.8 Å². The number of fused-ring (bicyclic) bond motifs is 2. The fourth-order valence-electron chi connectivity index (χ4n) is 2.58. The summed E-state index contributed by atoms with van der Waals surface area (Å²) in [5, 5.41) is 12.1. The van der Waals surface area contributed by atoms with Crippen LogP contribution < -0.4 is 5.32 Å². The monoisotopic (exact) mass is 263 g/mol. The molecule has 0 spiro atoms. The van der Waals surface area contributed by atoms with Gasteiger partial charge in [0.1, 0.15) is 5.82 Å². The van der Waals surface area contributed by atoms with E-state index < -0.39 is 0 Å². The number of carbonyl (C=O) groups is 1. The van der Waals surface area contributed by atoms with Gasteiger partial charge in [-0.05, 0) is 29.7 Å². The Morgan fingerprint density at radius 1 is 1.35 bits per heavy atom. The van der Waals surface area contributed by atoms with Crippen LogP contribution >= 0.6 is 0 Å². The van der Waals surface area contributed by atoms with E-state index in [0.717, 1.165) is 22.6 Å². The predicted octanol–water partition coefficient (Wildman–Crippen LogP) is 2.95. The van der Waals surface area contributed by atoms with Crippen LogP contribution in [0.5, 0.6) is 0 Å². The van der Waals surface area contributed by atoms with Crippen molar-refractivity contribution in [2.24, 2.45) is 0 Å². The Bertz CT molecular complexity index is 703. The maximum atomic E-state index is 12.3. The number of hydrogen-bond acceptors (Lipinski definition) is 4.